The molecular weight excluding hydrogens is 241 g/mol. The maximum absolute atomic E-state index is 14.1. The van der Waals surface area contributed by atoms with Gasteiger partial charge in [-0.2, -0.15) is 0 Å². The van der Waals surface area contributed by atoms with E-state index >= 15 is 0 Å². The zero-order valence-corrected chi connectivity index (χ0v) is 12.7. The number of nitrogens with one attached hydrogen (secondary N) is 1. The molecule has 0 aromatic heterocycles. The molecule has 108 valence electrons. The zero-order valence-electron chi connectivity index (χ0n) is 12.7. The molecule has 1 unspecified atom stereocenters. The van der Waals surface area contributed by atoms with Crippen molar-refractivity contribution in [3.8, 4) is 5.75 Å². The molecule has 1 rings (SSSR count). The van der Waals surface area contributed by atoms with Crippen LogP contribution in [0.2, 0.25) is 0 Å². The standard InChI is InChI=1S/C16H26FNO/c1-6-11-18-12(3)15-13(17)9-8-10-14(15)19-16(4,5)7-2/h8-10,12,18H,6-7,11H2,1-5H3. The van der Waals surface area contributed by atoms with E-state index in [9.17, 15) is 4.39 Å². The predicted molar refractivity (Wildman–Crippen MR) is 78.1 cm³/mol. The van der Waals surface area contributed by atoms with Crippen LogP contribution >= 0.6 is 0 Å². The van der Waals surface area contributed by atoms with Crippen molar-refractivity contribution >= 4 is 0 Å². The summed E-state index contributed by atoms with van der Waals surface area (Å²) in [4.78, 5) is 0. The van der Waals surface area contributed by atoms with Crippen molar-refractivity contribution in [1.29, 1.82) is 0 Å². The summed E-state index contributed by atoms with van der Waals surface area (Å²) in [5.41, 5.74) is 0.338. The van der Waals surface area contributed by atoms with Crippen LogP contribution in [-0.2, 0) is 0 Å². The van der Waals surface area contributed by atoms with Gasteiger partial charge in [-0.15, -0.1) is 0 Å². The van der Waals surface area contributed by atoms with E-state index in [1.54, 1.807) is 6.07 Å². The van der Waals surface area contributed by atoms with Crippen molar-refractivity contribution in [2.75, 3.05) is 6.54 Å². The molecule has 0 heterocycles. The lowest BCUT2D eigenvalue weighted by Gasteiger charge is -2.28. The van der Waals surface area contributed by atoms with Gasteiger partial charge in [-0.1, -0.05) is 19.9 Å². The minimum Gasteiger partial charge on any atom is -0.487 e. The third-order valence-corrected chi connectivity index (χ3v) is 3.38. The minimum atomic E-state index is -0.285. The van der Waals surface area contributed by atoms with Gasteiger partial charge in [0.1, 0.15) is 17.2 Å². The highest BCUT2D eigenvalue weighted by molar-refractivity contribution is 5.37. The molecule has 1 aromatic rings. The van der Waals surface area contributed by atoms with Gasteiger partial charge in [0.15, 0.2) is 0 Å². The second kappa shape index (κ2) is 6.90. The normalized spacial score (nSPS) is 13.4. The molecule has 0 spiro atoms. The molecule has 19 heavy (non-hydrogen) atoms. The molecule has 0 radical (unpaired) electrons. The van der Waals surface area contributed by atoms with Crippen molar-refractivity contribution in [3.63, 3.8) is 0 Å². The number of benzene rings is 1. The van der Waals surface area contributed by atoms with E-state index in [-0.39, 0.29) is 17.5 Å². The average molecular weight is 267 g/mol. The molecule has 3 heteroatoms. The van der Waals surface area contributed by atoms with Crippen LogP contribution in [0.3, 0.4) is 0 Å². The Labute approximate surface area is 116 Å². The summed E-state index contributed by atoms with van der Waals surface area (Å²) in [6, 6.07) is 4.99. The van der Waals surface area contributed by atoms with Gasteiger partial charge >= 0.3 is 0 Å². The molecule has 1 aromatic carbocycles. The summed E-state index contributed by atoms with van der Waals surface area (Å²) in [5, 5.41) is 3.31. The molecule has 2 nitrogen and oxygen atoms in total. The quantitative estimate of drug-likeness (QED) is 0.788. The van der Waals surface area contributed by atoms with E-state index in [0.29, 0.717) is 11.3 Å². The summed E-state index contributed by atoms with van der Waals surface area (Å²) < 4.78 is 20.1. The molecule has 0 saturated heterocycles. The Kier molecular flexibility index (Phi) is 5.80. The van der Waals surface area contributed by atoms with E-state index in [1.807, 2.05) is 26.8 Å². The summed E-state index contributed by atoms with van der Waals surface area (Å²) in [5.74, 6) is 0.434. The SMILES string of the molecule is CCCNC(C)c1c(F)cccc1OC(C)(C)CC. The molecule has 0 aliphatic rings. The molecule has 1 atom stereocenters. The lowest BCUT2D eigenvalue weighted by atomic mass is 10.0. The smallest absolute Gasteiger partial charge is 0.131 e. The fraction of sp³-hybridized carbons (Fsp3) is 0.625. The van der Waals surface area contributed by atoms with Crippen LogP contribution in [0.4, 0.5) is 4.39 Å². The van der Waals surface area contributed by atoms with E-state index in [2.05, 4.69) is 19.2 Å². The van der Waals surface area contributed by atoms with Gasteiger partial charge in [0.05, 0.1) is 0 Å². The molecule has 0 aliphatic heterocycles. The van der Waals surface area contributed by atoms with Gasteiger partial charge < -0.3 is 10.1 Å². The zero-order chi connectivity index (χ0) is 14.5. The third-order valence-electron chi connectivity index (χ3n) is 3.38. The molecular formula is C16H26FNO. The lowest BCUT2D eigenvalue weighted by Crippen LogP contribution is -2.29. The minimum absolute atomic E-state index is 0.0520. The van der Waals surface area contributed by atoms with Crippen LogP contribution in [0.5, 0.6) is 5.75 Å². The second-order valence-corrected chi connectivity index (χ2v) is 5.54. The molecule has 1 N–H and O–H groups in total. The van der Waals surface area contributed by atoms with E-state index < -0.39 is 0 Å². The van der Waals surface area contributed by atoms with Crippen LogP contribution in [0.15, 0.2) is 18.2 Å². The Morgan fingerprint density at radius 3 is 2.58 bits per heavy atom. The molecule has 0 bridgehead atoms. The first-order valence-electron chi connectivity index (χ1n) is 7.12. The molecule has 0 amide bonds. The molecule has 0 aliphatic carbocycles. The Bertz CT molecular complexity index is 404. The van der Waals surface area contributed by atoms with Crippen molar-refractivity contribution in [2.45, 2.75) is 59.1 Å². The highest BCUT2D eigenvalue weighted by atomic mass is 19.1. The first-order valence-corrected chi connectivity index (χ1v) is 7.12. The first kappa shape index (κ1) is 16.0. The number of hydrogen-bond acceptors (Lipinski definition) is 2. The van der Waals surface area contributed by atoms with Gasteiger partial charge in [-0.05, 0) is 52.3 Å². The number of hydrogen-bond donors (Lipinski definition) is 1. The Balaban J connectivity index is 3.01. The third kappa shape index (κ3) is 4.50. The van der Waals surface area contributed by atoms with E-state index in [4.69, 9.17) is 4.74 Å². The molecule has 0 fully saturated rings. The van der Waals surface area contributed by atoms with Crippen LogP contribution in [0, 0.1) is 5.82 Å². The van der Waals surface area contributed by atoms with Crippen LogP contribution < -0.4 is 10.1 Å². The Morgan fingerprint density at radius 2 is 2.00 bits per heavy atom. The van der Waals surface area contributed by atoms with Crippen molar-refractivity contribution < 1.29 is 9.13 Å². The van der Waals surface area contributed by atoms with Crippen LogP contribution in [-0.4, -0.2) is 12.1 Å². The van der Waals surface area contributed by atoms with Gasteiger partial charge in [0.2, 0.25) is 0 Å². The topological polar surface area (TPSA) is 21.3 Å². The fourth-order valence-corrected chi connectivity index (χ4v) is 1.86. The number of ether oxygens (including phenoxy) is 1. The van der Waals surface area contributed by atoms with Crippen LogP contribution in [0.1, 0.15) is 59.1 Å². The van der Waals surface area contributed by atoms with Crippen molar-refractivity contribution in [2.24, 2.45) is 0 Å². The summed E-state index contributed by atoms with van der Waals surface area (Å²) in [6.07, 6.45) is 1.90. The second-order valence-electron chi connectivity index (χ2n) is 5.54. The lowest BCUT2D eigenvalue weighted by molar-refractivity contribution is 0.102. The van der Waals surface area contributed by atoms with Crippen molar-refractivity contribution in [1.82, 2.24) is 5.32 Å². The Morgan fingerprint density at radius 1 is 1.32 bits per heavy atom. The van der Waals surface area contributed by atoms with Gasteiger partial charge in [0.25, 0.3) is 0 Å². The number of rotatable bonds is 7. The van der Waals surface area contributed by atoms with Gasteiger partial charge in [0, 0.05) is 11.6 Å². The fourth-order valence-electron chi connectivity index (χ4n) is 1.86. The van der Waals surface area contributed by atoms with Crippen LogP contribution in [0.25, 0.3) is 0 Å². The largest absolute Gasteiger partial charge is 0.487 e. The maximum Gasteiger partial charge on any atom is 0.131 e. The highest BCUT2D eigenvalue weighted by Gasteiger charge is 2.22. The van der Waals surface area contributed by atoms with E-state index in [0.717, 1.165) is 19.4 Å². The summed E-state index contributed by atoms with van der Waals surface area (Å²) >= 11 is 0. The van der Waals surface area contributed by atoms with E-state index in [1.165, 1.54) is 6.07 Å². The Hall–Kier alpha value is -1.09. The highest BCUT2D eigenvalue weighted by Crippen LogP contribution is 2.31. The van der Waals surface area contributed by atoms with Gasteiger partial charge in [-0.25, -0.2) is 4.39 Å². The first-order chi connectivity index (χ1) is 8.91. The molecule has 0 saturated carbocycles. The van der Waals surface area contributed by atoms with Gasteiger partial charge in [-0.3, -0.25) is 0 Å². The number of halogens is 1. The maximum atomic E-state index is 14.1. The summed E-state index contributed by atoms with van der Waals surface area (Å²) in [6.45, 7) is 11.0. The summed E-state index contributed by atoms with van der Waals surface area (Å²) in [7, 11) is 0. The average Bonchev–Trinajstić information content (AvgIpc) is 2.35. The monoisotopic (exact) mass is 267 g/mol. The predicted octanol–water partition coefficient (Wildman–Crippen LogP) is 4.45. The van der Waals surface area contributed by atoms with Crippen molar-refractivity contribution in [3.05, 3.63) is 29.6 Å².